The Labute approximate surface area is 182 Å². The monoisotopic (exact) mass is 443 g/mol. The first-order valence-corrected chi connectivity index (χ1v) is 11.2. The van der Waals surface area contributed by atoms with Gasteiger partial charge >= 0.3 is 0 Å². The van der Waals surface area contributed by atoms with Crippen molar-refractivity contribution in [1.29, 1.82) is 0 Å². The minimum absolute atomic E-state index is 0.205. The third-order valence-corrected chi connectivity index (χ3v) is 6.78. The predicted octanol–water partition coefficient (Wildman–Crippen LogP) is 3.14. The fourth-order valence-corrected chi connectivity index (χ4v) is 4.94. The van der Waals surface area contributed by atoms with Gasteiger partial charge in [0.2, 0.25) is 5.91 Å². The summed E-state index contributed by atoms with van der Waals surface area (Å²) in [6.45, 7) is 2.27. The second-order valence-electron chi connectivity index (χ2n) is 6.85. The summed E-state index contributed by atoms with van der Waals surface area (Å²) in [7, 11) is 1.63. The quantitative estimate of drug-likeness (QED) is 0.662. The largest absolute Gasteiger partial charge is 0.497 e. The van der Waals surface area contributed by atoms with Gasteiger partial charge in [0.15, 0.2) is 0 Å². The number of benzene rings is 1. The molecular weight excluding hydrogens is 422 g/mol. The van der Waals surface area contributed by atoms with Crippen LogP contribution in [0.15, 0.2) is 46.7 Å². The molecule has 0 saturated carbocycles. The standard InChI is InChI=1S/C21H21N3O4S2/c1-28-16-6-4-15(5-7-16)22-8-10-23(11-9-22)19(25)14-24-20(26)18(30-21(24)27)13-17-3-2-12-29-17/h2-7,12-13H,8-11,14H2,1H3/b18-13-. The van der Waals surface area contributed by atoms with Crippen LogP contribution in [-0.2, 0) is 9.59 Å². The van der Waals surface area contributed by atoms with E-state index in [4.69, 9.17) is 4.74 Å². The molecule has 1 aromatic heterocycles. The molecule has 0 atom stereocenters. The van der Waals surface area contributed by atoms with E-state index in [1.807, 2.05) is 41.8 Å². The number of imide groups is 1. The Balaban J connectivity index is 1.33. The number of carbonyl (C=O) groups is 3. The lowest BCUT2D eigenvalue weighted by molar-refractivity contribution is -0.136. The van der Waals surface area contributed by atoms with Crippen molar-refractivity contribution in [1.82, 2.24) is 9.80 Å². The van der Waals surface area contributed by atoms with E-state index < -0.39 is 11.1 Å². The zero-order chi connectivity index (χ0) is 21.1. The van der Waals surface area contributed by atoms with Crippen LogP contribution >= 0.6 is 23.1 Å². The molecule has 0 N–H and O–H groups in total. The van der Waals surface area contributed by atoms with E-state index in [2.05, 4.69) is 4.90 Å². The number of ether oxygens (including phenoxy) is 1. The van der Waals surface area contributed by atoms with Gasteiger partial charge in [-0.25, -0.2) is 0 Å². The van der Waals surface area contributed by atoms with Crippen molar-refractivity contribution in [2.45, 2.75) is 0 Å². The highest BCUT2D eigenvalue weighted by atomic mass is 32.2. The van der Waals surface area contributed by atoms with Crippen molar-refractivity contribution in [2.24, 2.45) is 0 Å². The topological polar surface area (TPSA) is 70.2 Å². The van der Waals surface area contributed by atoms with Gasteiger partial charge in [0, 0.05) is 36.7 Å². The Morgan fingerprint density at radius 2 is 1.83 bits per heavy atom. The van der Waals surface area contributed by atoms with Gasteiger partial charge in [-0.15, -0.1) is 11.3 Å². The molecule has 156 valence electrons. The summed E-state index contributed by atoms with van der Waals surface area (Å²) in [5.41, 5.74) is 1.08. The molecule has 0 bridgehead atoms. The summed E-state index contributed by atoms with van der Waals surface area (Å²) in [4.78, 5) is 43.8. The molecule has 2 fully saturated rings. The van der Waals surface area contributed by atoms with Crippen molar-refractivity contribution in [3.8, 4) is 5.75 Å². The summed E-state index contributed by atoms with van der Waals surface area (Å²) in [6, 6.07) is 11.6. The molecule has 0 unspecified atom stereocenters. The van der Waals surface area contributed by atoms with E-state index in [9.17, 15) is 14.4 Å². The predicted molar refractivity (Wildman–Crippen MR) is 119 cm³/mol. The van der Waals surface area contributed by atoms with Gasteiger partial charge in [-0.05, 0) is 53.5 Å². The maximum absolute atomic E-state index is 12.7. The van der Waals surface area contributed by atoms with Crippen LogP contribution in [0.25, 0.3) is 6.08 Å². The van der Waals surface area contributed by atoms with Crippen LogP contribution < -0.4 is 9.64 Å². The minimum atomic E-state index is -0.399. The molecule has 0 spiro atoms. The minimum Gasteiger partial charge on any atom is -0.497 e. The average molecular weight is 444 g/mol. The first-order chi connectivity index (χ1) is 14.5. The summed E-state index contributed by atoms with van der Waals surface area (Å²) in [5.74, 6) is 0.200. The van der Waals surface area contributed by atoms with Gasteiger partial charge in [0.25, 0.3) is 11.1 Å². The number of piperazine rings is 1. The Kier molecular flexibility index (Phi) is 6.10. The molecule has 0 aliphatic carbocycles. The van der Waals surface area contributed by atoms with E-state index in [-0.39, 0.29) is 12.5 Å². The third-order valence-electron chi connectivity index (χ3n) is 5.05. The fraction of sp³-hybridized carbons (Fsp3) is 0.286. The number of carbonyl (C=O) groups excluding carboxylic acids is 3. The highest BCUT2D eigenvalue weighted by Gasteiger charge is 2.37. The third kappa shape index (κ3) is 4.36. The number of rotatable bonds is 5. The molecule has 3 heterocycles. The van der Waals surface area contributed by atoms with Crippen LogP contribution in [0.1, 0.15) is 4.88 Å². The number of thiophene rings is 1. The second kappa shape index (κ2) is 8.93. The van der Waals surface area contributed by atoms with E-state index in [0.717, 1.165) is 33.0 Å². The molecule has 9 heteroatoms. The molecule has 2 saturated heterocycles. The van der Waals surface area contributed by atoms with E-state index in [0.29, 0.717) is 31.1 Å². The van der Waals surface area contributed by atoms with Crippen LogP contribution in [0.5, 0.6) is 5.75 Å². The lowest BCUT2D eigenvalue weighted by Gasteiger charge is -2.36. The van der Waals surface area contributed by atoms with Gasteiger partial charge in [-0.3, -0.25) is 19.3 Å². The second-order valence-corrected chi connectivity index (χ2v) is 8.82. The number of thioether (sulfide) groups is 1. The zero-order valence-corrected chi connectivity index (χ0v) is 18.1. The van der Waals surface area contributed by atoms with Crippen LogP contribution in [0.4, 0.5) is 10.5 Å². The van der Waals surface area contributed by atoms with Crippen LogP contribution in [0, 0.1) is 0 Å². The number of anilines is 1. The van der Waals surface area contributed by atoms with Crippen molar-refractivity contribution < 1.29 is 19.1 Å². The van der Waals surface area contributed by atoms with Gasteiger partial charge in [-0.1, -0.05) is 6.07 Å². The maximum atomic E-state index is 12.7. The smallest absolute Gasteiger partial charge is 0.294 e. The van der Waals surface area contributed by atoms with Gasteiger partial charge in [0.05, 0.1) is 12.0 Å². The molecule has 0 radical (unpaired) electrons. The van der Waals surface area contributed by atoms with Crippen LogP contribution in [0.2, 0.25) is 0 Å². The molecule has 7 nitrogen and oxygen atoms in total. The summed E-state index contributed by atoms with van der Waals surface area (Å²) in [6.07, 6.45) is 1.70. The Bertz CT molecular complexity index is 965. The van der Waals surface area contributed by atoms with Crippen molar-refractivity contribution >= 4 is 51.9 Å². The van der Waals surface area contributed by atoms with Gasteiger partial charge in [0.1, 0.15) is 12.3 Å². The van der Waals surface area contributed by atoms with Crippen molar-refractivity contribution in [2.75, 3.05) is 44.7 Å². The van der Waals surface area contributed by atoms with Gasteiger partial charge in [-0.2, -0.15) is 0 Å². The summed E-state index contributed by atoms with van der Waals surface area (Å²) in [5, 5.41) is 1.51. The molecule has 2 aromatic rings. The number of hydrogen-bond acceptors (Lipinski definition) is 7. The first-order valence-electron chi connectivity index (χ1n) is 9.51. The summed E-state index contributed by atoms with van der Waals surface area (Å²) >= 11 is 2.38. The molecule has 2 aliphatic heterocycles. The molecule has 30 heavy (non-hydrogen) atoms. The molecule has 4 rings (SSSR count). The highest BCUT2D eigenvalue weighted by molar-refractivity contribution is 8.18. The zero-order valence-electron chi connectivity index (χ0n) is 16.4. The van der Waals surface area contributed by atoms with E-state index in [1.54, 1.807) is 18.1 Å². The number of amides is 3. The first kappa shape index (κ1) is 20.5. The molecule has 1 aromatic carbocycles. The lowest BCUT2D eigenvalue weighted by atomic mass is 10.2. The molecular formula is C21H21N3O4S2. The van der Waals surface area contributed by atoms with Crippen LogP contribution in [0.3, 0.4) is 0 Å². The number of hydrogen-bond donors (Lipinski definition) is 0. The van der Waals surface area contributed by atoms with Crippen molar-refractivity contribution in [3.63, 3.8) is 0 Å². The summed E-state index contributed by atoms with van der Waals surface area (Å²) < 4.78 is 5.19. The van der Waals surface area contributed by atoms with Crippen molar-refractivity contribution in [3.05, 3.63) is 51.6 Å². The molecule has 2 aliphatic rings. The Morgan fingerprint density at radius 3 is 2.47 bits per heavy atom. The Morgan fingerprint density at radius 1 is 1.10 bits per heavy atom. The van der Waals surface area contributed by atoms with E-state index >= 15 is 0 Å². The Hall–Kier alpha value is -2.78. The highest BCUT2D eigenvalue weighted by Crippen LogP contribution is 2.33. The maximum Gasteiger partial charge on any atom is 0.294 e. The van der Waals surface area contributed by atoms with Gasteiger partial charge < -0.3 is 14.5 Å². The van der Waals surface area contributed by atoms with Crippen LogP contribution in [-0.4, -0.2) is 66.7 Å². The average Bonchev–Trinajstić information content (AvgIpc) is 3.38. The fourth-order valence-electron chi connectivity index (χ4n) is 3.38. The molecule has 3 amide bonds. The number of methoxy groups -OCH3 is 1. The normalized spacial score (nSPS) is 18.4. The van der Waals surface area contributed by atoms with E-state index in [1.165, 1.54) is 11.3 Å². The SMILES string of the molecule is COc1ccc(N2CCN(C(=O)CN3C(=O)S/C(=C\c4cccs4)C3=O)CC2)cc1. The number of nitrogens with zero attached hydrogens (tertiary/aromatic N) is 3. The lowest BCUT2D eigenvalue weighted by Crippen LogP contribution is -2.51.